The number of imidazole rings is 1. The van der Waals surface area contributed by atoms with Crippen LogP contribution in [0.1, 0.15) is 12.2 Å². The van der Waals surface area contributed by atoms with Crippen LogP contribution in [0.5, 0.6) is 0 Å². The summed E-state index contributed by atoms with van der Waals surface area (Å²) in [5, 5.41) is 3.82. The Kier molecular flexibility index (Phi) is 5.21. The first-order chi connectivity index (χ1) is 13.6. The molecule has 2 aromatic heterocycles. The molecule has 0 aliphatic carbocycles. The van der Waals surface area contributed by atoms with E-state index < -0.39 is 0 Å². The molecule has 1 aromatic carbocycles. The Hall–Kier alpha value is -3.00. The molecule has 8 heteroatoms. The van der Waals surface area contributed by atoms with Crippen molar-refractivity contribution >= 4 is 29.3 Å². The zero-order valence-corrected chi connectivity index (χ0v) is 16.2. The summed E-state index contributed by atoms with van der Waals surface area (Å²) in [6.07, 6.45) is 5.40. The molecule has 1 fully saturated rings. The highest BCUT2D eigenvalue weighted by molar-refractivity contribution is 7.99. The molecule has 28 heavy (non-hydrogen) atoms. The number of benzene rings is 1. The van der Waals surface area contributed by atoms with E-state index in [-0.39, 0.29) is 24.2 Å². The quantitative estimate of drug-likeness (QED) is 0.692. The Balaban J connectivity index is 1.43. The highest BCUT2D eigenvalue weighted by atomic mass is 32.2. The Labute approximate surface area is 166 Å². The Morgan fingerprint density at radius 2 is 2.18 bits per heavy atom. The molecule has 1 N–H and O–H groups in total. The SMILES string of the molecule is Cn1ccnc1Sc1ccccc1NC(=O)C1CC(=O)N(Cc2ccco2)C1. The maximum atomic E-state index is 12.8. The number of hydrogen-bond donors (Lipinski definition) is 1. The molecular weight excluding hydrogens is 376 g/mol. The van der Waals surface area contributed by atoms with Crippen LogP contribution >= 0.6 is 11.8 Å². The fraction of sp³-hybridized carbons (Fsp3) is 0.250. The summed E-state index contributed by atoms with van der Waals surface area (Å²) >= 11 is 1.48. The van der Waals surface area contributed by atoms with E-state index in [4.69, 9.17) is 4.42 Å². The van der Waals surface area contributed by atoms with Crippen LogP contribution in [0.2, 0.25) is 0 Å². The van der Waals surface area contributed by atoms with Gasteiger partial charge in [0.1, 0.15) is 5.76 Å². The predicted octanol–water partition coefficient (Wildman–Crippen LogP) is 3.15. The number of rotatable bonds is 6. The highest BCUT2D eigenvalue weighted by Gasteiger charge is 2.34. The molecule has 4 rings (SSSR count). The fourth-order valence-corrected chi connectivity index (χ4v) is 4.02. The van der Waals surface area contributed by atoms with Crippen molar-refractivity contribution in [3.05, 3.63) is 60.8 Å². The third kappa shape index (κ3) is 3.96. The van der Waals surface area contributed by atoms with E-state index in [0.717, 1.165) is 15.7 Å². The molecule has 0 radical (unpaired) electrons. The van der Waals surface area contributed by atoms with Crippen molar-refractivity contribution in [1.29, 1.82) is 0 Å². The Morgan fingerprint density at radius 1 is 1.32 bits per heavy atom. The van der Waals surface area contributed by atoms with Gasteiger partial charge in [0.05, 0.1) is 24.4 Å². The number of anilines is 1. The molecule has 2 amide bonds. The minimum atomic E-state index is -0.381. The largest absolute Gasteiger partial charge is 0.467 e. The van der Waals surface area contributed by atoms with E-state index in [2.05, 4.69) is 10.3 Å². The first-order valence-corrected chi connectivity index (χ1v) is 9.77. The molecule has 1 unspecified atom stereocenters. The van der Waals surface area contributed by atoms with E-state index in [1.54, 1.807) is 23.4 Å². The monoisotopic (exact) mass is 396 g/mol. The van der Waals surface area contributed by atoms with Gasteiger partial charge in [-0.15, -0.1) is 0 Å². The Morgan fingerprint density at radius 3 is 2.93 bits per heavy atom. The maximum absolute atomic E-state index is 12.8. The van der Waals surface area contributed by atoms with Gasteiger partial charge in [0.25, 0.3) is 0 Å². The normalized spacial score (nSPS) is 16.5. The van der Waals surface area contributed by atoms with Crippen molar-refractivity contribution in [2.24, 2.45) is 13.0 Å². The van der Waals surface area contributed by atoms with Crippen molar-refractivity contribution in [1.82, 2.24) is 14.5 Å². The van der Waals surface area contributed by atoms with E-state index >= 15 is 0 Å². The second-order valence-corrected chi connectivity index (χ2v) is 7.67. The molecule has 0 bridgehead atoms. The van der Waals surface area contributed by atoms with Crippen LogP contribution in [-0.4, -0.2) is 32.8 Å². The average Bonchev–Trinajstić information content (AvgIpc) is 3.41. The van der Waals surface area contributed by atoms with Crippen LogP contribution in [-0.2, 0) is 23.2 Å². The van der Waals surface area contributed by atoms with Gasteiger partial charge >= 0.3 is 0 Å². The number of likely N-dealkylation sites (tertiary alicyclic amines) is 1. The smallest absolute Gasteiger partial charge is 0.229 e. The lowest BCUT2D eigenvalue weighted by molar-refractivity contribution is -0.128. The number of hydrogen-bond acceptors (Lipinski definition) is 5. The molecule has 1 aliphatic heterocycles. The van der Waals surface area contributed by atoms with E-state index in [1.807, 2.05) is 48.1 Å². The minimum Gasteiger partial charge on any atom is -0.467 e. The molecule has 1 saturated heterocycles. The minimum absolute atomic E-state index is 0.0350. The summed E-state index contributed by atoms with van der Waals surface area (Å²) in [6, 6.07) is 11.2. The molecule has 0 spiro atoms. The van der Waals surface area contributed by atoms with Gasteiger partial charge in [-0.1, -0.05) is 12.1 Å². The molecule has 3 aromatic rings. The number of nitrogens with one attached hydrogen (secondary N) is 1. The summed E-state index contributed by atoms with van der Waals surface area (Å²) in [5.74, 6) is 0.148. The first kappa shape index (κ1) is 18.4. The van der Waals surface area contributed by atoms with Crippen LogP contribution < -0.4 is 5.32 Å². The third-order valence-corrected chi connectivity index (χ3v) is 5.79. The van der Waals surface area contributed by atoms with Gasteiger partial charge in [0.15, 0.2) is 5.16 Å². The zero-order valence-electron chi connectivity index (χ0n) is 15.4. The number of aromatic nitrogens is 2. The average molecular weight is 396 g/mol. The predicted molar refractivity (Wildman–Crippen MR) is 105 cm³/mol. The van der Waals surface area contributed by atoms with Crippen molar-refractivity contribution in [3.8, 4) is 0 Å². The van der Waals surface area contributed by atoms with Gasteiger partial charge in [-0.2, -0.15) is 0 Å². The second-order valence-electron chi connectivity index (χ2n) is 6.66. The van der Waals surface area contributed by atoms with E-state index in [0.29, 0.717) is 18.8 Å². The molecule has 7 nitrogen and oxygen atoms in total. The van der Waals surface area contributed by atoms with Crippen LogP contribution in [0.25, 0.3) is 0 Å². The lowest BCUT2D eigenvalue weighted by Crippen LogP contribution is -2.28. The van der Waals surface area contributed by atoms with Crippen molar-refractivity contribution < 1.29 is 14.0 Å². The van der Waals surface area contributed by atoms with E-state index in [1.165, 1.54) is 11.8 Å². The second kappa shape index (κ2) is 7.93. The lowest BCUT2D eigenvalue weighted by atomic mass is 10.1. The van der Waals surface area contributed by atoms with E-state index in [9.17, 15) is 9.59 Å². The van der Waals surface area contributed by atoms with Crippen LogP contribution in [0.15, 0.2) is 69.5 Å². The topological polar surface area (TPSA) is 80.4 Å². The van der Waals surface area contributed by atoms with Crippen molar-refractivity contribution in [2.75, 3.05) is 11.9 Å². The van der Waals surface area contributed by atoms with Gasteiger partial charge in [0, 0.05) is 37.3 Å². The summed E-state index contributed by atoms with van der Waals surface area (Å²) in [7, 11) is 1.92. The van der Waals surface area contributed by atoms with Gasteiger partial charge in [-0.05, 0) is 36.0 Å². The summed E-state index contributed by atoms with van der Waals surface area (Å²) < 4.78 is 7.23. The molecule has 1 atom stereocenters. The summed E-state index contributed by atoms with van der Waals surface area (Å²) in [6.45, 7) is 0.779. The first-order valence-electron chi connectivity index (χ1n) is 8.95. The molecule has 1 aliphatic rings. The zero-order chi connectivity index (χ0) is 19.5. The number of para-hydroxylation sites is 1. The van der Waals surface area contributed by atoms with Gasteiger partial charge in [-0.25, -0.2) is 4.98 Å². The Bertz CT molecular complexity index is 983. The van der Waals surface area contributed by atoms with Crippen molar-refractivity contribution in [2.45, 2.75) is 23.0 Å². The van der Waals surface area contributed by atoms with Gasteiger partial charge in [0.2, 0.25) is 11.8 Å². The number of carbonyl (C=O) groups excluding carboxylic acids is 2. The number of amides is 2. The highest BCUT2D eigenvalue weighted by Crippen LogP contribution is 2.33. The number of nitrogens with zero attached hydrogens (tertiary/aromatic N) is 3. The molecule has 144 valence electrons. The molecular formula is C20H20N4O3S. The van der Waals surface area contributed by atoms with Gasteiger partial charge in [-0.3, -0.25) is 9.59 Å². The van der Waals surface area contributed by atoms with Crippen LogP contribution in [0.4, 0.5) is 5.69 Å². The third-order valence-electron chi connectivity index (χ3n) is 4.64. The maximum Gasteiger partial charge on any atom is 0.229 e. The lowest BCUT2D eigenvalue weighted by Gasteiger charge is -2.16. The summed E-state index contributed by atoms with van der Waals surface area (Å²) in [5.41, 5.74) is 0.720. The van der Waals surface area contributed by atoms with Crippen LogP contribution in [0.3, 0.4) is 0 Å². The van der Waals surface area contributed by atoms with Crippen LogP contribution in [0, 0.1) is 5.92 Å². The molecule has 3 heterocycles. The standard InChI is InChI=1S/C20H20N4O3S/c1-23-9-8-21-20(23)28-17-7-3-2-6-16(17)22-19(26)14-11-18(25)24(12-14)13-15-5-4-10-27-15/h2-10,14H,11-13H2,1H3,(H,22,26). The van der Waals surface area contributed by atoms with Crippen molar-refractivity contribution in [3.63, 3.8) is 0 Å². The number of carbonyl (C=O) groups is 2. The number of furan rings is 1. The number of aryl methyl sites for hydroxylation is 1. The summed E-state index contributed by atoms with van der Waals surface area (Å²) in [4.78, 5) is 31.9. The van der Waals surface area contributed by atoms with Gasteiger partial charge < -0.3 is 19.2 Å². The molecule has 0 saturated carbocycles. The fourth-order valence-electron chi connectivity index (χ4n) is 3.13.